The van der Waals surface area contributed by atoms with Gasteiger partial charge < -0.3 is 14.9 Å². The van der Waals surface area contributed by atoms with Gasteiger partial charge in [-0.3, -0.25) is 4.90 Å². The van der Waals surface area contributed by atoms with E-state index in [1.807, 2.05) is 0 Å². The largest absolute Gasteiger partial charge is 0.393 e. The zero-order chi connectivity index (χ0) is 13.0. The molecule has 0 bridgehead atoms. The number of hydrogen-bond donors (Lipinski definition) is 1. The molecule has 1 N–H and O–H groups in total. The van der Waals surface area contributed by atoms with Crippen molar-refractivity contribution in [2.75, 3.05) is 59.4 Å². The second kappa shape index (κ2) is 6.85. The first-order valence-electron chi connectivity index (χ1n) is 7.50. The van der Waals surface area contributed by atoms with Gasteiger partial charge in [0.15, 0.2) is 0 Å². The van der Waals surface area contributed by atoms with Crippen LogP contribution in [-0.2, 0) is 0 Å². The molecule has 0 radical (unpaired) electrons. The normalized spacial score (nSPS) is 32.8. The molecule has 0 spiro atoms. The number of hydrogen-bond acceptors (Lipinski definition) is 4. The van der Waals surface area contributed by atoms with Gasteiger partial charge >= 0.3 is 0 Å². The Labute approximate surface area is 112 Å². The molecule has 2 atom stereocenters. The molecule has 18 heavy (non-hydrogen) atoms. The summed E-state index contributed by atoms with van der Waals surface area (Å²) in [6.07, 6.45) is 2.00. The minimum Gasteiger partial charge on any atom is -0.393 e. The lowest BCUT2D eigenvalue weighted by Gasteiger charge is -2.38. The minimum absolute atomic E-state index is 0.0603. The van der Waals surface area contributed by atoms with Crippen molar-refractivity contribution in [3.05, 3.63) is 0 Å². The number of rotatable bonds is 4. The summed E-state index contributed by atoms with van der Waals surface area (Å²) in [4.78, 5) is 7.52. The predicted molar refractivity (Wildman–Crippen MR) is 74.8 cm³/mol. The van der Waals surface area contributed by atoms with Gasteiger partial charge in [-0.25, -0.2) is 0 Å². The van der Waals surface area contributed by atoms with E-state index < -0.39 is 0 Å². The Morgan fingerprint density at radius 3 is 2.33 bits per heavy atom. The SMILES string of the molecule is CCC1CN(CCN2CCN(C)CC2)CCC1O. The monoisotopic (exact) mass is 255 g/mol. The Morgan fingerprint density at radius 1 is 1.00 bits per heavy atom. The summed E-state index contributed by atoms with van der Waals surface area (Å²) in [6, 6.07) is 0. The van der Waals surface area contributed by atoms with E-state index >= 15 is 0 Å². The van der Waals surface area contributed by atoms with E-state index in [1.165, 1.54) is 39.3 Å². The zero-order valence-corrected chi connectivity index (χ0v) is 12.0. The van der Waals surface area contributed by atoms with Gasteiger partial charge in [0.1, 0.15) is 0 Å². The maximum Gasteiger partial charge on any atom is 0.0592 e. The molecule has 2 aliphatic heterocycles. The lowest BCUT2D eigenvalue weighted by Crippen LogP contribution is -2.49. The third-order valence-corrected chi connectivity index (χ3v) is 4.63. The van der Waals surface area contributed by atoms with Crippen molar-refractivity contribution in [3.63, 3.8) is 0 Å². The van der Waals surface area contributed by atoms with Crippen LogP contribution in [0.2, 0.25) is 0 Å². The van der Waals surface area contributed by atoms with Crippen molar-refractivity contribution in [1.29, 1.82) is 0 Å². The lowest BCUT2D eigenvalue weighted by atomic mass is 9.92. The molecule has 2 saturated heterocycles. The fraction of sp³-hybridized carbons (Fsp3) is 1.00. The predicted octanol–water partition coefficient (Wildman–Crippen LogP) is 0.327. The molecule has 4 heteroatoms. The van der Waals surface area contributed by atoms with Crippen LogP contribution in [-0.4, -0.2) is 85.3 Å². The lowest BCUT2D eigenvalue weighted by molar-refractivity contribution is 0.0200. The maximum absolute atomic E-state index is 9.89. The molecule has 0 aliphatic carbocycles. The molecule has 0 aromatic carbocycles. The van der Waals surface area contributed by atoms with Gasteiger partial charge in [-0.1, -0.05) is 6.92 Å². The molecular weight excluding hydrogens is 226 g/mol. The molecule has 0 saturated carbocycles. The molecule has 2 fully saturated rings. The highest BCUT2D eigenvalue weighted by molar-refractivity contribution is 4.80. The molecule has 2 aliphatic rings. The molecule has 4 nitrogen and oxygen atoms in total. The van der Waals surface area contributed by atoms with E-state index in [9.17, 15) is 5.11 Å². The number of piperazine rings is 1. The number of piperidine rings is 1. The highest BCUT2D eigenvalue weighted by Gasteiger charge is 2.26. The van der Waals surface area contributed by atoms with Crippen LogP contribution < -0.4 is 0 Å². The molecule has 0 amide bonds. The van der Waals surface area contributed by atoms with Crippen molar-refractivity contribution < 1.29 is 5.11 Å². The Morgan fingerprint density at radius 2 is 1.67 bits per heavy atom. The van der Waals surface area contributed by atoms with Crippen LogP contribution in [0.5, 0.6) is 0 Å². The maximum atomic E-state index is 9.89. The second-order valence-electron chi connectivity index (χ2n) is 5.97. The van der Waals surface area contributed by atoms with E-state index in [2.05, 4.69) is 28.7 Å². The van der Waals surface area contributed by atoms with Crippen LogP contribution in [0.3, 0.4) is 0 Å². The third kappa shape index (κ3) is 3.92. The summed E-state index contributed by atoms with van der Waals surface area (Å²) >= 11 is 0. The highest BCUT2D eigenvalue weighted by Crippen LogP contribution is 2.19. The number of likely N-dealkylation sites (tertiary alicyclic amines) is 1. The van der Waals surface area contributed by atoms with Crippen LogP contribution in [0.4, 0.5) is 0 Å². The Bertz CT molecular complexity index is 241. The van der Waals surface area contributed by atoms with Crippen LogP contribution in [0.25, 0.3) is 0 Å². The Kier molecular flexibility index (Phi) is 5.42. The smallest absolute Gasteiger partial charge is 0.0592 e. The Balaban J connectivity index is 1.67. The molecule has 2 heterocycles. The van der Waals surface area contributed by atoms with Crippen molar-refractivity contribution in [1.82, 2.24) is 14.7 Å². The van der Waals surface area contributed by atoms with E-state index in [0.29, 0.717) is 5.92 Å². The van der Waals surface area contributed by atoms with Crippen LogP contribution in [0.1, 0.15) is 19.8 Å². The fourth-order valence-corrected chi connectivity index (χ4v) is 3.05. The minimum atomic E-state index is -0.0603. The van der Waals surface area contributed by atoms with E-state index in [1.54, 1.807) is 0 Å². The Hall–Kier alpha value is -0.160. The zero-order valence-electron chi connectivity index (χ0n) is 12.0. The van der Waals surface area contributed by atoms with Crippen LogP contribution in [0, 0.1) is 5.92 Å². The fourth-order valence-electron chi connectivity index (χ4n) is 3.05. The summed E-state index contributed by atoms with van der Waals surface area (Å²) < 4.78 is 0. The van der Waals surface area contributed by atoms with Gasteiger partial charge in [0.25, 0.3) is 0 Å². The van der Waals surface area contributed by atoms with Crippen molar-refractivity contribution in [2.45, 2.75) is 25.9 Å². The summed E-state index contributed by atoms with van der Waals surface area (Å²) in [5, 5.41) is 9.89. The first kappa shape index (κ1) is 14.3. The van der Waals surface area contributed by atoms with Crippen molar-refractivity contribution in [3.8, 4) is 0 Å². The summed E-state index contributed by atoms with van der Waals surface area (Å²) in [5.41, 5.74) is 0. The van der Waals surface area contributed by atoms with E-state index in [0.717, 1.165) is 25.9 Å². The van der Waals surface area contributed by atoms with Gasteiger partial charge in [-0.2, -0.15) is 0 Å². The molecule has 2 unspecified atom stereocenters. The third-order valence-electron chi connectivity index (χ3n) is 4.63. The molecule has 0 aromatic rings. The molecule has 106 valence electrons. The van der Waals surface area contributed by atoms with Crippen LogP contribution >= 0.6 is 0 Å². The highest BCUT2D eigenvalue weighted by atomic mass is 16.3. The summed E-state index contributed by atoms with van der Waals surface area (Å²) in [6.45, 7) is 11.6. The van der Waals surface area contributed by atoms with Crippen LogP contribution in [0.15, 0.2) is 0 Å². The van der Waals surface area contributed by atoms with Crippen molar-refractivity contribution >= 4 is 0 Å². The van der Waals surface area contributed by atoms with Gasteiger partial charge in [0, 0.05) is 52.4 Å². The standard InChI is InChI=1S/C14H29N3O/c1-3-13-12-17(5-4-14(13)18)11-10-16-8-6-15(2)7-9-16/h13-14,18H,3-12H2,1-2H3. The topological polar surface area (TPSA) is 30.0 Å². The number of likely N-dealkylation sites (N-methyl/N-ethyl adjacent to an activating group) is 1. The number of aliphatic hydroxyl groups is 1. The van der Waals surface area contributed by atoms with Gasteiger partial charge in [-0.05, 0) is 25.8 Å². The molecular formula is C14H29N3O. The average molecular weight is 255 g/mol. The van der Waals surface area contributed by atoms with E-state index in [-0.39, 0.29) is 6.10 Å². The number of aliphatic hydroxyl groups excluding tert-OH is 1. The summed E-state index contributed by atoms with van der Waals surface area (Å²) in [7, 11) is 2.20. The number of nitrogens with zero attached hydrogens (tertiary/aromatic N) is 3. The van der Waals surface area contributed by atoms with Crippen molar-refractivity contribution in [2.24, 2.45) is 5.92 Å². The quantitative estimate of drug-likeness (QED) is 0.784. The van der Waals surface area contributed by atoms with Gasteiger partial charge in [0.2, 0.25) is 0 Å². The first-order chi connectivity index (χ1) is 8.69. The van der Waals surface area contributed by atoms with E-state index in [4.69, 9.17) is 0 Å². The summed E-state index contributed by atoms with van der Waals surface area (Å²) in [5.74, 6) is 0.492. The molecule has 0 aromatic heterocycles. The molecule has 2 rings (SSSR count). The van der Waals surface area contributed by atoms with Gasteiger partial charge in [0.05, 0.1) is 6.10 Å². The first-order valence-corrected chi connectivity index (χ1v) is 7.50. The second-order valence-corrected chi connectivity index (χ2v) is 5.97. The average Bonchev–Trinajstić information content (AvgIpc) is 2.39. The van der Waals surface area contributed by atoms with Gasteiger partial charge in [-0.15, -0.1) is 0 Å².